The number of amides is 2. The summed E-state index contributed by atoms with van der Waals surface area (Å²) in [6, 6.07) is 7.23. The zero-order chi connectivity index (χ0) is 12.3. The van der Waals surface area contributed by atoms with Gasteiger partial charge < -0.3 is 5.32 Å². The molecule has 88 valence electrons. The molecule has 0 saturated carbocycles. The van der Waals surface area contributed by atoms with E-state index < -0.39 is 0 Å². The van der Waals surface area contributed by atoms with Crippen LogP contribution in [0.4, 0.5) is 5.69 Å². The van der Waals surface area contributed by atoms with E-state index in [2.05, 4.69) is 31.8 Å². The SMILES string of the molecule is O=C1CCC(C(=O)Nc2ccc(Br)cc2)=NN1. The molecule has 0 saturated heterocycles. The summed E-state index contributed by atoms with van der Waals surface area (Å²) in [7, 11) is 0. The monoisotopic (exact) mass is 295 g/mol. The second-order valence-electron chi connectivity index (χ2n) is 3.55. The van der Waals surface area contributed by atoms with Crippen molar-refractivity contribution in [2.24, 2.45) is 5.10 Å². The van der Waals surface area contributed by atoms with Crippen LogP contribution in [0.25, 0.3) is 0 Å². The molecule has 2 amide bonds. The maximum Gasteiger partial charge on any atom is 0.271 e. The predicted molar refractivity (Wildman–Crippen MR) is 67.6 cm³/mol. The van der Waals surface area contributed by atoms with Gasteiger partial charge in [0.25, 0.3) is 5.91 Å². The van der Waals surface area contributed by atoms with Gasteiger partial charge >= 0.3 is 0 Å². The van der Waals surface area contributed by atoms with Crippen molar-refractivity contribution in [2.75, 3.05) is 5.32 Å². The van der Waals surface area contributed by atoms with Crippen LogP contribution in [0.15, 0.2) is 33.8 Å². The Bertz CT molecular complexity index is 482. The van der Waals surface area contributed by atoms with Gasteiger partial charge in [-0.2, -0.15) is 5.10 Å². The second-order valence-corrected chi connectivity index (χ2v) is 4.47. The molecule has 2 rings (SSSR count). The molecule has 1 aromatic rings. The van der Waals surface area contributed by atoms with E-state index in [-0.39, 0.29) is 11.8 Å². The first-order chi connectivity index (χ1) is 8.15. The minimum absolute atomic E-state index is 0.162. The molecular formula is C11H10BrN3O2. The van der Waals surface area contributed by atoms with Crippen LogP contribution in [0, 0.1) is 0 Å². The van der Waals surface area contributed by atoms with Gasteiger partial charge in [-0.15, -0.1) is 0 Å². The minimum Gasteiger partial charge on any atom is -0.321 e. The molecule has 0 spiro atoms. The highest BCUT2D eigenvalue weighted by Crippen LogP contribution is 2.14. The van der Waals surface area contributed by atoms with Crippen molar-refractivity contribution >= 4 is 39.1 Å². The number of carbonyl (C=O) groups excluding carboxylic acids is 2. The lowest BCUT2D eigenvalue weighted by Crippen LogP contribution is -2.32. The highest BCUT2D eigenvalue weighted by atomic mass is 79.9. The number of nitrogens with one attached hydrogen (secondary N) is 2. The zero-order valence-electron chi connectivity index (χ0n) is 8.87. The third-order valence-electron chi connectivity index (χ3n) is 2.27. The molecule has 6 heteroatoms. The standard InChI is InChI=1S/C11H10BrN3O2/c12-7-1-3-8(4-2-7)13-11(17)9-5-6-10(16)15-14-9/h1-4H,5-6H2,(H,13,17)(H,15,16). The normalized spacial score (nSPS) is 14.9. The van der Waals surface area contributed by atoms with Crippen LogP contribution >= 0.6 is 15.9 Å². The lowest BCUT2D eigenvalue weighted by atomic mass is 10.1. The van der Waals surface area contributed by atoms with Crippen LogP contribution in [0.1, 0.15) is 12.8 Å². The number of hydrazone groups is 1. The number of rotatable bonds is 2. The molecule has 0 aromatic heterocycles. The van der Waals surface area contributed by atoms with Gasteiger partial charge in [-0.3, -0.25) is 9.59 Å². The van der Waals surface area contributed by atoms with Crippen molar-refractivity contribution < 1.29 is 9.59 Å². The summed E-state index contributed by atoms with van der Waals surface area (Å²) in [4.78, 5) is 22.6. The summed E-state index contributed by atoms with van der Waals surface area (Å²) in [5.74, 6) is -0.447. The molecule has 17 heavy (non-hydrogen) atoms. The first-order valence-corrected chi connectivity index (χ1v) is 5.87. The molecule has 1 aliphatic heterocycles. The summed E-state index contributed by atoms with van der Waals surface area (Å²) in [5, 5.41) is 6.43. The van der Waals surface area contributed by atoms with Gasteiger partial charge in [0.1, 0.15) is 5.71 Å². The summed E-state index contributed by atoms with van der Waals surface area (Å²) in [6.07, 6.45) is 0.667. The Morgan fingerprint density at radius 2 is 2.00 bits per heavy atom. The molecule has 0 fully saturated rings. The van der Waals surface area contributed by atoms with E-state index in [1.807, 2.05) is 12.1 Å². The average molecular weight is 296 g/mol. The van der Waals surface area contributed by atoms with Gasteiger partial charge in [0.05, 0.1) is 0 Å². The predicted octanol–water partition coefficient (Wildman–Crippen LogP) is 1.65. The molecule has 2 N–H and O–H groups in total. The number of carbonyl (C=O) groups is 2. The number of anilines is 1. The number of hydrogen-bond acceptors (Lipinski definition) is 3. The van der Waals surface area contributed by atoms with Gasteiger partial charge in [-0.1, -0.05) is 15.9 Å². The number of halogens is 1. The first-order valence-electron chi connectivity index (χ1n) is 5.07. The molecule has 0 unspecified atom stereocenters. The fraction of sp³-hybridized carbons (Fsp3) is 0.182. The van der Waals surface area contributed by atoms with Crippen molar-refractivity contribution in [2.45, 2.75) is 12.8 Å². The highest BCUT2D eigenvalue weighted by Gasteiger charge is 2.18. The average Bonchev–Trinajstić information content (AvgIpc) is 2.33. The van der Waals surface area contributed by atoms with E-state index in [0.29, 0.717) is 24.2 Å². The maximum absolute atomic E-state index is 11.8. The Labute approximate surface area is 106 Å². The van der Waals surface area contributed by atoms with Crippen LogP contribution in [0.2, 0.25) is 0 Å². The van der Waals surface area contributed by atoms with E-state index >= 15 is 0 Å². The summed E-state index contributed by atoms with van der Waals surface area (Å²) in [5.41, 5.74) is 3.32. The van der Waals surface area contributed by atoms with E-state index in [1.165, 1.54) is 0 Å². The Kier molecular flexibility index (Phi) is 3.53. The van der Waals surface area contributed by atoms with Gasteiger partial charge in [-0.05, 0) is 24.3 Å². The highest BCUT2D eigenvalue weighted by molar-refractivity contribution is 9.10. The van der Waals surface area contributed by atoms with Crippen molar-refractivity contribution in [1.29, 1.82) is 0 Å². The Morgan fingerprint density at radius 3 is 2.59 bits per heavy atom. The molecule has 1 aromatic carbocycles. The minimum atomic E-state index is -0.285. The summed E-state index contributed by atoms with van der Waals surface area (Å²) < 4.78 is 0.942. The van der Waals surface area contributed by atoms with Crippen LogP contribution in [-0.2, 0) is 9.59 Å². The zero-order valence-corrected chi connectivity index (χ0v) is 10.5. The van der Waals surface area contributed by atoms with Crippen LogP contribution in [0.5, 0.6) is 0 Å². The largest absolute Gasteiger partial charge is 0.321 e. The van der Waals surface area contributed by atoms with E-state index in [1.54, 1.807) is 12.1 Å². The Morgan fingerprint density at radius 1 is 1.29 bits per heavy atom. The topological polar surface area (TPSA) is 70.6 Å². The number of hydrogen-bond donors (Lipinski definition) is 2. The van der Waals surface area contributed by atoms with Crippen LogP contribution in [-0.4, -0.2) is 17.5 Å². The van der Waals surface area contributed by atoms with Crippen LogP contribution in [0.3, 0.4) is 0 Å². The molecule has 0 atom stereocenters. The first kappa shape index (κ1) is 11.8. The van der Waals surface area contributed by atoms with Crippen molar-refractivity contribution in [3.05, 3.63) is 28.7 Å². The molecule has 5 nitrogen and oxygen atoms in total. The van der Waals surface area contributed by atoms with Crippen LogP contribution < -0.4 is 10.7 Å². The van der Waals surface area contributed by atoms with E-state index in [0.717, 1.165) is 4.47 Å². The molecule has 0 aliphatic carbocycles. The van der Waals surface area contributed by atoms with Crippen molar-refractivity contribution in [3.8, 4) is 0 Å². The number of nitrogens with zero attached hydrogens (tertiary/aromatic N) is 1. The summed E-state index contributed by atoms with van der Waals surface area (Å²) in [6.45, 7) is 0. The lowest BCUT2D eigenvalue weighted by molar-refractivity contribution is -0.121. The third kappa shape index (κ3) is 3.13. The Hall–Kier alpha value is -1.69. The fourth-order valence-corrected chi connectivity index (χ4v) is 1.64. The summed E-state index contributed by atoms with van der Waals surface area (Å²) >= 11 is 3.31. The quantitative estimate of drug-likeness (QED) is 0.871. The maximum atomic E-state index is 11.8. The molecular weight excluding hydrogens is 286 g/mol. The van der Waals surface area contributed by atoms with E-state index in [9.17, 15) is 9.59 Å². The molecule has 1 heterocycles. The second kappa shape index (κ2) is 5.09. The van der Waals surface area contributed by atoms with Gasteiger partial charge in [0.15, 0.2) is 0 Å². The molecule has 1 aliphatic rings. The van der Waals surface area contributed by atoms with Gasteiger partial charge in [0, 0.05) is 23.0 Å². The van der Waals surface area contributed by atoms with Gasteiger partial charge in [-0.25, -0.2) is 5.43 Å². The van der Waals surface area contributed by atoms with Crippen molar-refractivity contribution in [3.63, 3.8) is 0 Å². The van der Waals surface area contributed by atoms with E-state index in [4.69, 9.17) is 0 Å². The van der Waals surface area contributed by atoms with Gasteiger partial charge in [0.2, 0.25) is 5.91 Å². The smallest absolute Gasteiger partial charge is 0.271 e. The number of benzene rings is 1. The molecule has 0 radical (unpaired) electrons. The lowest BCUT2D eigenvalue weighted by Gasteiger charge is -2.11. The fourth-order valence-electron chi connectivity index (χ4n) is 1.37. The Balaban J connectivity index is 2.02. The van der Waals surface area contributed by atoms with Crippen molar-refractivity contribution in [1.82, 2.24) is 5.43 Å². The molecule has 0 bridgehead atoms. The third-order valence-corrected chi connectivity index (χ3v) is 2.80.